The normalized spacial score (nSPS) is 11.6. The van der Waals surface area contributed by atoms with Crippen LogP contribution in [0.4, 0.5) is 5.69 Å². The van der Waals surface area contributed by atoms with Crippen LogP contribution in [0.1, 0.15) is 5.56 Å². The molecule has 0 saturated carbocycles. The average molecular weight is 425 g/mol. The topological polar surface area (TPSA) is 122 Å². The van der Waals surface area contributed by atoms with Crippen LogP contribution in [-0.2, 0) is 10.0 Å². The molecule has 0 heterocycles. The van der Waals surface area contributed by atoms with E-state index in [1.54, 1.807) is 0 Å². The molecular weight excluding hydrogens is 417 g/mol. The van der Waals surface area contributed by atoms with Crippen LogP contribution in [0.25, 0.3) is 0 Å². The summed E-state index contributed by atoms with van der Waals surface area (Å²) in [6.07, 6.45) is 0.908. The Bertz CT molecular complexity index is 979. The molecule has 0 saturated heterocycles. The maximum absolute atomic E-state index is 12.2. The molecule has 0 bridgehead atoms. The molecular formula is C13H8Cl3N3O5S. The first-order valence-electron chi connectivity index (χ1n) is 6.28. The Labute approximate surface area is 156 Å². The van der Waals surface area contributed by atoms with Crippen molar-refractivity contribution in [3.63, 3.8) is 0 Å². The first kappa shape index (κ1) is 19.3. The Hall–Kier alpha value is -2.07. The minimum absolute atomic E-state index is 0.0215. The third kappa shape index (κ3) is 4.51. The Morgan fingerprint density at radius 2 is 1.76 bits per heavy atom. The number of nitrogens with zero attached hydrogens (tertiary/aromatic N) is 2. The number of non-ortho nitro benzene ring substituents is 1. The first-order valence-corrected chi connectivity index (χ1v) is 8.90. The van der Waals surface area contributed by atoms with Gasteiger partial charge in [0.2, 0.25) is 0 Å². The molecule has 0 radical (unpaired) electrons. The van der Waals surface area contributed by atoms with Crippen molar-refractivity contribution in [1.29, 1.82) is 0 Å². The molecule has 2 rings (SSSR count). The van der Waals surface area contributed by atoms with Crippen LogP contribution in [0, 0.1) is 10.1 Å². The van der Waals surface area contributed by atoms with Crippen LogP contribution < -0.4 is 4.83 Å². The van der Waals surface area contributed by atoms with Crippen LogP contribution in [0.2, 0.25) is 15.1 Å². The van der Waals surface area contributed by atoms with Gasteiger partial charge in [-0.1, -0.05) is 34.8 Å². The molecule has 25 heavy (non-hydrogen) atoms. The van der Waals surface area contributed by atoms with Gasteiger partial charge in [0.1, 0.15) is 10.6 Å². The van der Waals surface area contributed by atoms with Gasteiger partial charge >= 0.3 is 0 Å². The Kier molecular flexibility index (Phi) is 5.73. The molecule has 8 nitrogen and oxygen atoms in total. The van der Waals surface area contributed by atoms with Gasteiger partial charge in [0.25, 0.3) is 15.7 Å². The van der Waals surface area contributed by atoms with Gasteiger partial charge in [0.05, 0.1) is 26.2 Å². The van der Waals surface area contributed by atoms with Gasteiger partial charge in [-0.05, 0) is 18.2 Å². The molecule has 0 spiro atoms. The van der Waals surface area contributed by atoms with Crippen LogP contribution in [0.15, 0.2) is 40.3 Å². The molecule has 0 amide bonds. The van der Waals surface area contributed by atoms with Crippen molar-refractivity contribution in [3.8, 4) is 5.75 Å². The van der Waals surface area contributed by atoms with E-state index in [1.165, 1.54) is 0 Å². The number of nitro groups is 1. The second-order valence-corrected chi connectivity index (χ2v) is 7.40. The lowest BCUT2D eigenvalue weighted by atomic mass is 10.2. The number of hydrogen-bond acceptors (Lipinski definition) is 6. The van der Waals surface area contributed by atoms with Crippen molar-refractivity contribution in [2.24, 2.45) is 5.10 Å². The number of hydrogen-bond donors (Lipinski definition) is 2. The van der Waals surface area contributed by atoms with E-state index < -0.39 is 14.9 Å². The zero-order valence-electron chi connectivity index (χ0n) is 12.0. The van der Waals surface area contributed by atoms with Gasteiger partial charge in [0, 0.05) is 17.7 Å². The molecule has 2 aromatic rings. The molecule has 0 aromatic heterocycles. The molecule has 2 aromatic carbocycles. The molecule has 0 unspecified atom stereocenters. The van der Waals surface area contributed by atoms with E-state index in [2.05, 4.69) is 5.10 Å². The number of halogens is 3. The smallest absolute Gasteiger partial charge is 0.278 e. The highest BCUT2D eigenvalue weighted by Crippen LogP contribution is 2.31. The summed E-state index contributed by atoms with van der Waals surface area (Å²) < 4.78 is 24.4. The largest absolute Gasteiger partial charge is 0.507 e. The molecule has 0 aliphatic carbocycles. The molecule has 132 valence electrons. The van der Waals surface area contributed by atoms with E-state index in [0.717, 1.165) is 36.5 Å². The van der Waals surface area contributed by atoms with E-state index in [1.807, 2.05) is 4.83 Å². The van der Waals surface area contributed by atoms with Gasteiger partial charge < -0.3 is 5.11 Å². The van der Waals surface area contributed by atoms with Gasteiger partial charge in [-0.15, -0.1) is 0 Å². The molecule has 12 heteroatoms. The lowest BCUT2D eigenvalue weighted by Gasteiger charge is -2.07. The minimum atomic E-state index is -4.18. The zero-order valence-corrected chi connectivity index (χ0v) is 15.1. The molecule has 2 N–H and O–H groups in total. The number of nitro benzene ring substituents is 1. The summed E-state index contributed by atoms with van der Waals surface area (Å²) in [7, 11) is -4.18. The predicted octanol–water partition coefficient (Wildman–Crippen LogP) is 3.57. The van der Waals surface area contributed by atoms with Crippen molar-refractivity contribution in [3.05, 3.63) is 61.1 Å². The van der Waals surface area contributed by atoms with Crippen molar-refractivity contribution < 1.29 is 18.4 Å². The van der Waals surface area contributed by atoms with Gasteiger partial charge in [-0.3, -0.25) is 10.1 Å². The fourth-order valence-corrected chi connectivity index (χ4v) is 3.48. The summed E-state index contributed by atoms with van der Waals surface area (Å²) in [4.78, 5) is 11.5. The van der Waals surface area contributed by atoms with E-state index in [9.17, 15) is 23.6 Å². The summed E-state index contributed by atoms with van der Waals surface area (Å²) in [5, 5.41) is 23.7. The number of rotatable bonds is 5. The summed E-state index contributed by atoms with van der Waals surface area (Å²) in [6, 6.07) is 5.42. The van der Waals surface area contributed by atoms with Crippen molar-refractivity contribution >= 4 is 56.7 Å². The second kappa shape index (κ2) is 7.44. The number of phenolic OH excluding ortho intramolecular Hbond substituents is 1. The van der Waals surface area contributed by atoms with Crippen LogP contribution in [-0.4, -0.2) is 24.7 Å². The number of sulfonamides is 1. The Morgan fingerprint density at radius 1 is 1.12 bits per heavy atom. The number of benzene rings is 2. The summed E-state index contributed by atoms with van der Waals surface area (Å²) in [6.45, 7) is 0. The monoisotopic (exact) mass is 423 g/mol. The maximum Gasteiger partial charge on any atom is 0.278 e. The SMILES string of the molecule is O=[N+]([O-])c1ccc(O)c(/C=N/NS(=O)(=O)c2cc(Cl)c(Cl)cc2Cl)c1. The standard InChI is InChI=1S/C13H8Cl3N3O5S/c14-9-4-11(16)13(5-10(9)15)25(23,24)18-17-6-7-3-8(19(21)22)1-2-12(7)20/h1-6,18,20H/b17-6+. The fourth-order valence-electron chi connectivity index (χ4n) is 1.68. The van der Waals surface area contributed by atoms with E-state index in [-0.39, 0.29) is 37.0 Å². The summed E-state index contributed by atoms with van der Waals surface area (Å²) in [5.74, 6) is -0.318. The quantitative estimate of drug-likeness (QED) is 0.329. The highest BCUT2D eigenvalue weighted by molar-refractivity contribution is 7.89. The van der Waals surface area contributed by atoms with Crippen LogP contribution in [0.3, 0.4) is 0 Å². The molecule has 0 aliphatic rings. The van der Waals surface area contributed by atoms with Crippen LogP contribution >= 0.6 is 34.8 Å². The maximum atomic E-state index is 12.2. The average Bonchev–Trinajstić information content (AvgIpc) is 2.52. The van der Waals surface area contributed by atoms with Gasteiger partial charge in [-0.25, -0.2) is 4.83 Å². The Morgan fingerprint density at radius 3 is 2.40 bits per heavy atom. The van der Waals surface area contributed by atoms with Crippen molar-refractivity contribution in [2.45, 2.75) is 4.90 Å². The lowest BCUT2D eigenvalue weighted by molar-refractivity contribution is -0.384. The number of aromatic hydroxyl groups is 1. The predicted molar refractivity (Wildman–Crippen MR) is 94.1 cm³/mol. The van der Waals surface area contributed by atoms with E-state index >= 15 is 0 Å². The molecule has 0 fully saturated rings. The molecule has 0 aliphatic heterocycles. The first-order chi connectivity index (χ1) is 11.6. The fraction of sp³-hybridized carbons (Fsp3) is 0. The number of phenols is 1. The second-order valence-electron chi connectivity index (χ2n) is 4.55. The third-order valence-corrected chi connectivity index (χ3v) is 5.27. The number of nitrogens with one attached hydrogen (secondary N) is 1. The van der Waals surface area contributed by atoms with E-state index in [4.69, 9.17) is 34.8 Å². The van der Waals surface area contributed by atoms with Crippen molar-refractivity contribution in [1.82, 2.24) is 4.83 Å². The van der Waals surface area contributed by atoms with E-state index in [0.29, 0.717) is 0 Å². The summed E-state index contributed by atoms with van der Waals surface area (Å²) >= 11 is 17.3. The zero-order chi connectivity index (χ0) is 18.8. The van der Waals surface area contributed by atoms with Gasteiger partial charge in [0.15, 0.2) is 0 Å². The summed E-state index contributed by atoms with van der Waals surface area (Å²) in [5.41, 5.74) is -0.355. The highest BCUT2D eigenvalue weighted by atomic mass is 35.5. The van der Waals surface area contributed by atoms with Crippen LogP contribution in [0.5, 0.6) is 5.75 Å². The van der Waals surface area contributed by atoms with Gasteiger partial charge in [-0.2, -0.15) is 13.5 Å². The molecule has 0 atom stereocenters. The van der Waals surface area contributed by atoms with Crippen molar-refractivity contribution in [2.75, 3.05) is 0 Å². The minimum Gasteiger partial charge on any atom is -0.507 e. The highest BCUT2D eigenvalue weighted by Gasteiger charge is 2.19. The lowest BCUT2D eigenvalue weighted by Crippen LogP contribution is -2.18. The third-order valence-electron chi connectivity index (χ3n) is 2.86. The number of hydrazone groups is 1. The Balaban J connectivity index is 2.29.